The van der Waals surface area contributed by atoms with E-state index in [2.05, 4.69) is 46.6 Å². The molecular weight excluding hydrogens is 737 g/mol. The zero-order chi connectivity index (χ0) is 39.8. The lowest BCUT2D eigenvalue weighted by Crippen LogP contribution is -2.36. The first-order valence-electron chi connectivity index (χ1n) is 18.4. The number of hydrogen-bond donors (Lipinski definition) is 1. The van der Waals surface area contributed by atoms with Gasteiger partial charge in [-0.1, -0.05) is 61.1 Å². The van der Waals surface area contributed by atoms with Gasteiger partial charge in [0.1, 0.15) is 23.0 Å². The number of nitrogens with one attached hydrogen (secondary N) is 1. The number of benzene rings is 3. The van der Waals surface area contributed by atoms with E-state index in [1.165, 1.54) is 33.6 Å². The predicted octanol–water partition coefficient (Wildman–Crippen LogP) is 10.4. The Hall–Kier alpha value is -4.81. The van der Waals surface area contributed by atoms with E-state index in [0.717, 1.165) is 79.0 Å². The zero-order valence-electron chi connectivity index (χ0n) is 31.3. The van der Waals surface area contributed by atoms with Crippen LogP contribution in [0, 0.1) is 34.1 Å². The molecule has 2 fully saturated rings. The van der Waals surface area contributed by atoms with Gasteiger partial charge in [0.15, 0.2) is 11.6 Å². The Balaban J connectivity index is 0.000000182. The van der Waals surface area contributed by atoms with Crippen molar-refractivity contribution in [3.05, 3.63) is 138 Å². The number of rotatable bonds is 4. The van der Waals surface area contributed by atoms with Crippen LogP contribution in [0.15, 0.2) is 70.3 Å². The monoisotopic (exact) mass is 782 g/mol. The van der Waals surface area contributed by atoms with Crippen LogP contribution in [0.5, 0.6) is 0 Å². The van der Waals surface area contributed by atoms with Crippen LogP contribution in [-0.4, -0.2) is 19.1 Å². The van der Waals surface area contributed by atoms with E-state index >= 15 is 0 Å². The Morgan fingerprint density at radius 3 is 1.75 bits per heavy atom. The van der Waals surface area contributed by atoms with Gasteiger partial charge in [-0.2, -0.15) is 13.2 Å². The summed E-state index contributed by atoms with van der Waals surface area (Å²) in [5.74, 6) is -2.83. The van der Waals surface area contributed by atoms with Crippen molar-refractivity contribution in [2.75, 3.05) is 0 Å². The molecule has 2 aromatic heterocycles. The molecule has 0 amide bonds. The van der Waals surface area contributed by atoms with Gasteiger partial charge in [0.05, 0.1) is 17.8 Å². The van der Waals surface area contributed by atoms with Crippen LogP contribution in [0.4, 0.5) is 30.7 Å². The van der Waals surface area contributed by atoms with Gasteiger partial charge in [0.25, 0.3) is 11.1 Å². The molecule has 298 valence electrons. The fraction of sp³-hybridized carbons (Fsp3) is 0.442. The van der Waals surface area contributed by atoms with Gasteiger partial charge in [0.2, 0.25) is 0 Å². The summed E-state index contributed by atoms with van der Waals surface area (Å²) < 4.78 is 98.6. The second-order valence-corrected chi connectivity index (χ2v) is 17.2. The van der Waals surface area contributed by atoms with Crippen molar-refractivity contribution in [1.29, 1.82) is 0 Å². The van der Waals surface area contributed by atoms with Crippen molar-refractivity contribution in [1.82, 2.24) is 19.1 Å². The lowest BCUT2D eigenvalue weighted by molar-refractivity contribution is -0.137. The first-order chi connectivity index (χ1) is 25.6. The Bertz CT molecular complexity index is 2500. The molecule has 13 heteroatoms. The lowest BCUT2D eigenvalue weighted by atomic mass is 9.70. The molecule has 2 saturated carbocycles. The van der Waals surface area contributed by atoms with Gasteiger partial charge < -0.3 is 0 Å². The molecule has 6 nitrogen and oxygen atoms in total. The van der Waals surface area contributed by atoms with Gasteiger partial charge in [-0.05, 0) is 90.3 Å². The summed E-state index contributed by atoms with van der Waals surface area (Å²) >= 11 is 0. The summed E-state index contributed by atoms with van der Waals surface area (Å²) in [4.78, 5) is 26.4. The largest absolute Gasteiger partial charge is 0.416 e. The number of halogens is 7. The molecule has 9 rings (SSSR count). The number of aromatic nitrogens is 4. The van der Waals surface area contributed by atoms with E-state index in [1.54, 1.807) is 4.68 Å². The van der Waals surface area contributed by atoms with Crippen molar-refractivity contribution in [3.63, 3.8) is 0 Å². The summed E-state index contributed by atoms with van der Waals surface area (Å²) in [5, 5.41) is 3.11. The predicted molar refractivity (Wildman–Crippen MR) is 200 cm³/mol. The number of H-pyrrole nitrogens is 1. The van der Waals surface area contributed by atoms with E-state index < -0.39 is 35.0 Å². The van der Waals surface area contributed by atoms with Crippen LogP contribution in [0.1, 0.15) is 120 Å². The topological polar surface area (TPSA) is 64.7 Å². The van der Waals surface area contributed by atoms with Gasteiger partial charge in [-0.3, -0.25) is 19.4 Å². The molecular formula is C43H45F7N4O2. The van der Waals surface area contributed by atoms with E-state index in [-0.39, 0.29) is 70.0 Å². The van der Waals surface area contributed by atoms with Crippen LogP contribution in [-0.2, 0) is 23.6 Å². The van der Waals surface area contributed by atoms with Gasteiger partial charge in [0, 0.05) is 39.8 Å². The highest BCUT2D eigenvalue weighted by Gasteiger charge is 2.63. The summed E-state index contributed by atoms with van der Waals surface area (Å²) in [6.45, 7) is 13.0. The van der Waals surface area contributed by atoms with Crippen molar-refractivity contribution >= 4 is 0 Å². The van der Waals surface area contributed by atoms with Crippen molar-refractivity contribution in [2.45, 2.75) is 110 Å². The van der Waals surface area contributed by atoms with E-state index in [1.807, 2.05) is 0 Å². The van der Waals surface area contributed by atoms with E-state index in [9.17, 15) is 40.3 Å². The molecule has 1 N–H and O–H groups in total. The van der Waals surface area contributed by atoms with Crippen LogP contribution in [0.2, 0.25) is 0 Å². The van der Waals surface area contributed by atoms with Crippen LogP contribution >= 0.6 is 0 Å². The highest BCUT2D eigenvalue weighted by molar-refractivity contribution is 5.49. The van der Waals surface area contributed by atoms with Crippen LogP contribution in [0.3, 0.4) is 0 Å². The van der Waals surface area contributed by atoms with Crippen LogP contribution in [0.25, 0.3) is 11.4 Å². The molecule has 56 heavy (non-hydrogen) atoms. The maximum Gasteiger partial charge on any atom is 0.416 e. The first kappa shape index (κ1) is 39.4. The third kappa shape index (κ3) is 5.27. The first-order valence-corrected chi connectivity index (χ1v) is 18.4. The fourth-order valence-corrected chi connectivity index (χ4v) is 10.4. The molecule has 4 aliphatic rings. The summed E-state index contributed by atoms with van der Waals surface area (Å²) in [6.07, 6.45) is -0.774. The van der Waals surface area contributed by atoms with Gasteiger partial charge in [-0.25, -0.2) is 26.9 Å². The smallest absolute Gasteiger partial charge is 0.294 e. The second kappa shape index (κ2) is 12.6. The number of aromatic amines is 1. The normalized spacial score (nSPS) is 24.7. The molecule has 4 bridgehead atoms. The number of alkyl halides is 3. The molecule has 3 aromatic carbocycles. The molecule has 0 radical (unpaired) electrons. The summed E-state index contributed by atoms with van der Waals surface area (Å²) in [5.41, 5.74) is 1.68. The molecule has 4 atom stereocenters. The van der Waals surface area contributed by atoms with Crippen molar-refractivity contribution in [3.8, 4) is 11.4 Å². The number of fused-ring (bicyclic) bond motifs is 10. The Morgan fingerprint density at radius 1 is 0.696 bits per heavy atom. The Kier molecular flexibility index (Phi) is 8.87. The highest BCUT2D eigenvalue weighted by atomic mass is 19.4. The molecule has 0 aliphatic heterocycles. The average Bonchev–Trinajstić information content (AvgIpc) is 3.82. The summed E-state index contributed by atoms with van der Waals surface area (Å²) in [7, 11) is 0. The van der Waals surface area contributed by atoms with Crippen LogP contribution < -0.4 is 11.1 Å². The standard InChI is InChI=1S/C25H23F5N2O.C17H18F2N2O.CH4/c1-23(2)17-10-11-24(23,3)21-20(17)22(33)32(19-9-8-16(26)12-18(19)27)31(21)13-14-4-6-15(7-5-14)25(28,29)30;1-16(2)10-6-7-17(16,3)14-13(10)15(22)21(20-14)12-5-4-9(18)8-11(12)19;/h4-9,12,17H,10-11,13H2,1-3H3;4-5,8,10,20H,6-7H2,1-3H3;1H4/t17-,24+;10-,17+;/m11./s1. The SMILES string of the molecule is C.CC1(C)[C@@H]2CC[C@@]1(C)c1[nH]n(-c3ccc(F)cc3F)c(=O)c12.CC1(C)[C@@H]2CC[C@@]1(C)c1c2c(=O)n(-c2ccc(F)cc2F)n1Cc1ccc(C(F)(F)F)cc1. The van der Waals surface area contributed by atoms with Crippen molar-refractivity contribution < 1.29 is 30.7 Å². The number of nitrogens with zero attached hydrogens (tertiary/aromatic N) is 3. The van der Waals surface area contributed by atoms with Gasteiger partial charge in [-0.15, -0.1) is 0 Å². The number of hydrogen-bond acceptors (Lipinski definition) is 2. The molecule has 0 saturated heterocycles. The second-order valence-electron chi connectivity index (χ2n) is 17.2. The lowest BCUT2D eigenvalue weighted by Gasteiger charge is -2.36. The maximum atomic E-state index is 14.8. The van der Waals surface area contributed by atoms with Gasteiger partial charge >= 0.3 is 6.18 Å². The molecule has 5 aromatic rings. The summed E-state index contributed by atoms with van der Waals surface area (Å²) in [6, 6.07) is 11.0. The molecule has 4 aliphatic carbocycles. The van der Waals surface area contributed by atoms with Crippen molar-refractivity contribution in [2.24, 2.45) is 10.8 Å². The zero-order valence-corrected chi connectivity index (χ0v) is 31.3. The molecule has 0 spiro atoms. The third-order valence-corrected chi connectivity index (χ3v) is 14.2. The van der Waals surface area contributed by atoms with E-state index in [0.29, 0.717) is 11.1 Å². The Morgan fingerprint density at radius 2 is 1.21 bits per heavy atom. The molecule has 0 unspecified atom stereocenters. The third-order valence-electron chi connectivity index (χ3n) is 14.2. The maximum absolute atomic E-state index is 14.8. The fourth-order valence-electron chi connectivity index (χ4n) is 10.4. The minimum absolute atomic E-state index is 0. The molecule has 2 heterocycles. The minimum Gasteiger partial charge on any atom is -0.294 e. The average molecular weight is 783 g/mol. The highest BCUT2D eigenvalue weighted by Crippen LogP contribution is 2.68. The quantitative estimate of drug-likeness (QED) is 0.185. The van der Waals surface area contributed by atoms with E-state index in [4.69, 9.17) is 0 Å². The minimum atomic E-state index is -4.46. The Labute approximate surface area is 319 Å².